The Morgan fingerprint density at radius 3 is 3.00 bits per heavy atom. The van der Waals surface area contributed by atoms with Crippen LogP contribution in [0, 0.1) is 0 Å². The van der Waals surface area contributed by atoms with Crippen molar-refractivity contribution in [2.24, 2.45) is 0 Å². The molecule has 0 spiro atoms. The molecule has 112 valence electrons. The number of aromatic nitrogens is 3. The van der Waals surface area contributed by atoms with E-state index in [0.717, 1.165) is 13.0 Å². The lowest BCUT2D eigenvalue weighted by molar-refractivity contribution is 0.0618. The standard InChI is InChI=1S/C16H16N4O2/c1-2-14-15-4-3-7-19(15)8-9-20(14)16(21)11-5-6-12-13(10-11)18-22-17-12/h3-7,10,14H,2,8-9H2,1H3/t14-/m1/s1. The van der Waals surface area contributed by atoms with Gasteiger partial charge in [-0.05, 0) is 47.1 Å². The van der Waals surface area contributed by atoms with Crippen molar-refractivity contribution in [2.75, 3.05) is 6.54 Å². The van der Waals surface area contributed by atoms with Gasteiger partial charge in [0.05, 0.1) is 6.04 Å². The highest BCUT2D eigenvalue weighted by molar-refractivity contribution is 5.97. The van der Waals surface area contributed by atoms with Crippen molar-refractivity contribution >= 4 is 16.9 Å². The van der Waals surface area contributed by atoms with Gasteiger partial charge in [0.25, 0.3) is 5.91 Å². The average molecular weight is 296 g/mol. The highest BCUT2D eigenvalue weighted by atomic mass is 16.6. The van der Waals surface area contributed by atoms with E-state index in [9.17, 15) is 4.79 Å². The molecule has 6 heteroatoms. The minimum Gasteiger partial charge on any atom is -0.348 e. The van der Waals surface area contributed by atoms with Gasteiger partial charge in [0.15, 0.2) is 0 Å². The number of carbonyl (C=O) groups excluding carboxylic acids is 1. The topological polar surface area (TPSA) is 64.2 Å². The summed E-state index contributed by atoms with van der Waals surface area (Å²) in [5.41, 5.74) is 3.10. The van der Waals surface area contributed by atoms with E-state index >= 15 is 0 Å². The van der Waals surface area contributed by atoms with E-state index in [2.05, 4.69) is 34.1 Å². The molecule has 2 aromatic heterocycles. The van der Waals surface area contributed by atoms with Crippen LogP contribution in [0.15, 0.2) is 41.2 Å². The quantitative estimate of drug-likeness (QED) is 0.729. The SMILES string of the molecule is CC[C@@H]1c2cccn2CCN1C(=O)c1ccc2nonc2c1. The summed E-state index contributed by atoms with van der Waals surface area (Å²) in [5, 5.41) is 7.58. The van der Waals surface area contributed by atoms with Gasteiger partial charge in [-0.1, -0.05) is 6.92 Å². The molecule has 0 fully saturated rings. The maximum absolute atomic E-state index is 12.9. The molecule has 1 atom stereocenters. The summed E-state index contributed by atoms with van der Waals surface area (Å²) in [5.74, 6) is 0.0317. The maximum atomic E-state index is 12.9. The Kier molecular flexibility index (Phi) is 2.96. The van der Waals surface area contributed by atoms with Gasteiger partial charge >= 0.3 is 0 Å². The third kappa shape index (κ3) is 1.91. The summed E-state index contributed by atoms with van der Waals surface area (Å²) in [4.78, 5) is 14.9. The highest BCUT2D eigenvalue weighted by Gasteiger charge is 2.30. The third-order valence-corrected chi connectivity index (χ3v) is 4.31. The molecule has 22 heavy (non-hydrogen) atoms. The first-order chi connectivity index (χ1) is 10.8. The van der Waals surface area contributed by atoms with Crippen LogP contribution in [0.5, 0.6) is 0 Å². The lowest BCUT2D eigenvalue weighted by Crippen LogP contribution is -2.41. The summed E-state index contributed by atoms with van der Waals surface area (Å²) < 4.78 is 6.92. The summed E-state index contributed by atoms with van der Waals surface area (Å²) in [7, 11) is 0. The molecule has 0 unspecified atom stereocenters. The second-order valence-electron chi connectivity index (χ2n) is 5.52. The van der Waals surface area contributed by atoms with E-state index in [4.69, 9.17) is 4.63 Å². The second kappa shape index (κ2) is 4.98. The van der Waals surface area contributed by atoms with E-state index in [-0.39, 0.29) is 11.9 Å². The Balaban J connectivity index is 1.69. The molecule has 0 bridgehead atoms. The molecule has 0 saturated heterocycles. The van der Waals surface area contributed by atoms with Crippen molar-refractivity contribution in [2.45, 2.75) is 25.9 Å². The van der Waals surface area contributed by atoms with Crippen molar-refractivity contribution in [1.29, 1.82) is 0 Å². The number of nitrogens with zero attached hydrogens (tertiary/aromatic N) is 4. The molecular weight excluding hydrogens is 280 g/mol. The van der Waals surface area contributed by atoms with Crippen LogP contribution in [0.1, 0.15) is 35.4 Å². The van der Waals surface area contributed by atoms with Crippen molar-refractivity contribution < 1.29 is 9.42 Å². The third-order valence-electron chi connectivity index (χ3n) is 4.31. The Bertz CT molecular complexity index is 835. The van der Waals surface area contributed by atoms with Gasteiger partial charge < -0.3 is 9.47 Å². The number of benzene rings is 1. The lowest BCUT2D eigenvalue weighted by atomic mass is 10.0. The predicted octanol–water partition coefficient (Wildman–Crippen LogP) is 2.63. The highest BCUT2D eigenvalue weighted by Crippen LogP contribution is 2.30. The fourth-order valence-corrected chi connectivity index (χ4v) is 3.22. The largest absolute Gasteiger partial charge is 0.348 e. The number of fused-ring (bicyclic) bond motifs is 2. The zero-order valence-electron chi connectivity index (χ0n) is 12.3. The molecule has 6 nitrogen and oxygen atoms in total. The fraction of sp³-hybridized carbons (Fsp3) is 0.312. The van der Waals surface area contributed by atoms with Gasteiger partial charge in [-0.25, -0.2) is 4.63 Å². The molecule has 1 aromatic carbocycles. The second-order valence-corrected chi connectivity index (χ2v) is 5.52. The van der Waals surface area contributed by atoms with E-state index in [1.54, 1.807) is 18.2 Å². The maximum Gasteiger partial charge on any atom is 0.254 e. The molecule has 3 heterocycles. The molecule has 0 N–H and O–H groups in total. The first kappa shape index (κ1) is 13.1. The van der Waals surface area contributed by atoms with Crippen LogP contribution in [0.2, 0.25) is 0 Å². The zero-order valence-corrected chi connectivity index (χ0v) is 12.3. The molecule has 0 aliphatic carbocycles. The van der Waals surface area contributed by atoms with Crippen LogP contribution in [0.3, 0.4) is 0 Å². The first-order valence-electron chi connectivity index (χ1n) is 7.46. The number of amides is 1. The van der Waals surface area contributed by atoms with Crippen LogP contribution in [-0.2, 0) is 6.54 Å². The van der Waals surface area contributed by atoms with Crippen molar-refractivity contribution in [3.8, 4) is 0 Å². The van der Waals surface area contributed by atoms with E-state index in [1.807, 2.05) is 11.0 Å². The summed E-state index contributed by atoms with van der Waals surface area (Å²) in [6, 6.07) is 9.55. The van der Waals surface area contributed by atoms with Crippen molar-refractivity contribution in [3.05, 3.63) is 47.8 Å². The molecule has 4 rings (SSSR count). The molecule has 0 radical (unpaired) electrons. The molecule has 1 amide bonds. The van der Waals surface area contributed by atoms with Crippen LogP contribution >= 0.6 is 0 Å². The smallest absolute Gasteiger partial charge is 0.254 e. The first-order valence-corrected chi connectivity index (χ1v) is 7.46. The van der Waals surface area contributed by atoms with Gasteiger partial charge in [0.1, 0.15) is 11.0 Å². The Labute approximate surface area is 127 Å². The van der Waals surface area contributed by atoms with E-state index in [1.165, 1.54) is 5.69 Å². The van der Waals surface area contributed by atoms with Crippen LogP contribution in [0.4, 0.5) is 0 Å². The zero-order chi connectivity index (χ0) is 15.1. The summed E-state index contributed by atoms with van der Waals surface area (Å²) >= 11 is 0. The van der Waals surface area contributed by atoms with Crippen LogP contribution in [-0.4, -0.2) is 32.2 Å². The van der Waals surface area contributed by atoms with Gasteiger partial charge in [0, 0.05) is 30.5 Å². The van der Waals surface area contributed by atoms with Gasteiger partial charge in [0.2, 0.25) is 0 Å². The Hall–Kier alpha value is -2.63. The van der Waals surface area contributed by atoms with E-state index < -0.39 is 0 Å². The molecular formula is C16H16N4O2. The minimum atomic E-state index is 0.0317. The molecule has 1 aliphatic heterocycles. The van der Waals surface area contributed by atoms with Crippen LogP contribution in [0.25, 0.3) is 11.0 Å². The van der Waals surface area contributed by atoms with Gasteiger partial charge in [-0.3, -0.25) is 4.79 Å². The number of rotatable bonds is 2. The molecule has 0 saturated carbocycles. The van der Waals surface area contributed by atoms with Crippen molar-refractivity contribution in [3.63, 3.8) is 0 Å². The summed E-state index contributed by atoms with van der Waals surface area (Å²) in [6.07, 6.45) is 2.97. The summed E-state index contributed by atoms with van der Waals surface area (Å²) in [6.45, 7) is 3.66. The van der Waals surface area contributed by atoms with E-state index in [0.29, 0.717) is 23.1 Å². The number of hydrogen-bond donors (Lipinski definition) is 0. The minimum absolute atomic E-state index is 0.0317. The van der Waals surface area contributed by atoms with Gasteiger partial charge in [-0.15, -0.1) is 0 Å². The Morgan fingerprint density at radius 1 is 1.27 bits per heavy atom. The fourth-order valence-electron chi connectivity index (χ4n) is 3.22. The molecule has 1 aliphatic rings. The number of hydrogen-bond acceptors (Lipinski definition) is 4. The Morgan fingerprint density at radius 2 is 2.14 bits per heavy atom. The lowest BCUT2D eigenvalue weighted by Gasteiger charge is -2.36. The van der Waals surface area contributed by atoms with Crippen molar-refractivity contribution in [1.82, 2.24) is 19.8 Å². The molecule has 3 aromatic rings. The number of carbonyl (C=O) groups is 1. The van der Waals surface area contributed by atoms with Crippen LogP contribution < -0.4 is 0 Å². The normalized spacial score (nSPS) is 17.7. The van der Waals surface area contributed by atoms with Gasteiger partial charge in [-0.2, -0.15) is 0 Å². The average Bonchev–Trinajstić information content (AvgIpc) is 3.20. The monoisotopic (exact) mass is 296 g/mol. The predicted molar refractivity (Wildman–Crippen MR) is 80.3 cm³/mol.